The van der Waals surface area contributed by atoms with Gasteiger partial charge in [0, 0.05) is 37.4 Å². The zero-order valence-electron chi connectivity index (χ0n) is 26.4. The zero-order valence-corrected chi connectivity index (χ0v) is 26.4. The van der Waals surface area contributed by atoms with Crippen LogP contribution in [0.25, 0.3) is 5.70 Å². The van der Waals surface area contributed by atoms with Crippen molar-refractivity contribution >= 4 is 23.2 Å². The van der Waals surface area contributed by atoms with Crippen LogP contribution in [0.3, 0.4) is 0 Å². The fraction of sp³-hybridized carbons (Fsp3) is 0.636. The van der Waals surface area contributed by atoms with E-state index in [2.05, 4.69) is 29.1 Å². The molecule has 2 aromatic rings. The zero-order chi connectivity index (χ0) is 31.1. The minimum atomic E-state index is -0.946. The van der Waals surface area contributed by atoms with Gasteiger partial charge in [-0.3, -0.25) is 9.59 Å². The molecule has 2 fully saturated rings. The van der Waals surface area contributed by atoms with E-state index in [1.165, 1.54) is 0 Å². The van der Waals surface area contributed by atoms with E-state index in [0.717, 1.165) is 49.9 Å². The normalized spacial score (nSPS) is 23.8. The second-order valence-electron chi connectivity index (χ2n) is 12.4. The third kappa shape index (κ3) is 6.94. The van der Waals surface area contributed by atoms with Crippen LogP contribution >= 0.6 is 0 Å². The average Bonchev–Trinajstić information content (AvgIpc) is 3.14. The highest BCUT2D eigenvalue weighted by Crippen LogP contribution is 2.45. The molecule has 0 saturated heterocycles. The predicted molar refractivity (Wildman–Crippen MR) is 168 cm³/mol. The van der Waals surface area contributed by atoms with Crippen molar-refractivity contribution in [3.05, 3.63) is 41.1 Å². The number of hydrogen-bond donors (Lipinski definition) is 2. The Hall–Kier alpha value is -3.44. The van der Waals surface area contributed by atoms with Crippen molar-refractivity contribution in [1.29, 1.82) is 0 Å². The Kier molecular flexibility index (Phi) is 10.6. The Morgan fingerprint density at radius 1 is 1.09 bits per heavy atom. The summed E-state index contributed by atoms with van der Waals surface area (Å²) in [6, 6.07) is 1.79. The van der Waals surface area contributed by atoms with Crippen LogP contribution < -0.4 is 20.7 Å². The van der Waals surface area contributed by atoms with Gasteiger partial charge < -0.3 is 25.4 Å². The van der Waals surface area contributed by atoms with Crippen molar-refractivity contribution in [2.75, 3.05) is 38.3 Å². The summed E-state index contributed by atoms with van der Waals surface area (Å²) in [5, 5.41) is 3.21. The lowest BCUT2D eigenvalue weighted by atomic mass is 9.62. The average molecular weight is 606 g/mol. The van der Waals surface area contributed by atoms with E-state index in [1.807, 2.05) is 11.9 Å². The Morgan fingerprint density at radius 3 is 2.66 bits per heavy atom. The summed E-state index contributed by atoms with van der Waals surface area (Å²) in [5.41, 5.74) is 8.17. The fourth-order valence-corrected chi connectivity index (χ4v) is 6.63. The second-order valence-corrected chi connectivity index (χ2v) is 12.4. The van der Waals surface area contributed by atoms with Crippen molar-refractivity contribution in [3.63, 3.8) is 0 Å². The Labute approximate surface area is 260 Å². The van der Waals surface area contributed by atoms with Gasteiger partial charge in [-0.15, -0.1) is 0 Å². The Bertz CT molecular complexity index is 1350. The van der Waals surface area contributed by atoms with Gasteiger partial charge in [-0.2, -0.15) is 4.98 Å². The molecule has 238 valence electrons. The van der Waals surface area contributed by atoms with Crippen LogP contribution in [-0.4, -0.2) is 71.0 Å². The fourth-order valence-electron chi connectivity index (χ4n) is 6.63. The number of Topliss-reactive ketones (excluding diaryl/α,β-unsaturated/α-hetero) is 2. The van der Waals surface area contributed by atoms with Gasteiger partial charge in [0.2, 0.25) is 11.8 Å². The lowest BCUT2D eigenvalue weighted by Gasteiger charge is -2.38. The summed E-state index contributed by atoms with van der Waals surface area (Å²) in [6.45, 7) is 7.21. The maximum Gasteiger partial charge on any atom is 0.225 e. The molecule has 11 heteroatoms. The number of nitrogens with two attached hydrogens (primary N) is 1. The number of allylic oxidation sites excluding steroid dienone is 1. The number of nitrogens with zero attached hydrogens (tertiary/aromatic N) is 5. The second kappa shape index (κ2) is 14.6. The molecule has 1 spiro atoms. The first-order valence-electron chi connectivity index (χ1n) is 16.2. The number of ketones is 2. The highest BCUT2D eigenvalue weighted by atomic mass is 16.5. The van der Waals surface area contributed by atoms with Crippen LogP contribution in [0.4, 0.5) is 5.95 Å². The lowest BCUT2D eigenvalue weighted by molar-refractivity contribution is -0.143. The molecule has 3 atom stereocenters. The molecule has 3 aliphatic rings. The number of anilines is 1. The first-order valence-corrected chi connectivity index (χ1v) is 16.2. The van der Waals surface area contributed by atoms with Crippen LogP contribution in [0.1, 0.15) is 88.7 Å². The van der Waals surface area contributed by atoms with Gasteiger partial charge in [0.1, 0.15) is 11.9 Å². The maximum atomic E-state index is 13.9. The summed E-state index contributed by atoms with van der Waals surface area (Å²) in [7, 11) is 1.96. The van der Waals surface area contributed by atoms with Crippen molar-refractivity contribution in [1.82, 2.24) is 25.3 Å². The Morgan fingerprint density at radius 2 is 1.89 bits per heavy atom. The van der Waals surface area contributed by atoms with Gasteiger partial charge >= 0.3 is 0 Å². The summed E-state index contributed by atoms with van der Waals surface area (Å²) in [6.07, 6.45) is 10.5. The SMILES string of the molecule is CNCCC[C@H](C)[C@H](C)Oc1nc(/C(N)=C2\CCC[C@@]3(CCCCC3=O)C2=O)nc2c1CN(c1ncccn1)CCOCC2. The molecular formula is C33H47N7O4. The highest BCUT2D eigenvalue weighted by molar-refractivity contribution is 6.17. The summed E-state index contributed by atoms with van der Waals surface area (Å²) < 4.78 is 12.6. The van der Waals surface area contributed by atoms with Gasteiger partial charge in [0.05, 0.1) is 42.1 Å². The molecule has 11 nitrogen and oxygen atoms in total. The molecule has 3 N–H and O–H groups in total. The molecule has 1 aliphatic heterocycles. The molecule has 0 bridgehead atoms. The molecule has 5 rings (SSSR count). The standard InChI is InChI=1S/C33H47N7O4/c1-22(9-7-15-35-3)23(2)44-31-25-21-40(32-36-16-8-17-37-32)18-20-43-19-12-26(25)38-30(39-31)28(34)24-10-6-14-33(29(24)42)13-5-4-11-27(33)41/h8,16-17,22-23,35H,4-7,9-15,18-21,34H2,1-3H3/b28-24-/t22-,23-,33+/m0/s1. The molecular weight excluding hydrogens is 558 g/mol. The number of rotatable bonds is 9. The lowest BCUT2D eigenvalue weighted by Crippen LogP contribution is -2.45. The predicted octanol–water partition coefficient (Wildman–Crippen LogP) is 3.80. The smallest absolute Gasteiger partial charge is 0.225 e. The first kappa shape index (κ1) is 32.0. The van der Waals surface area contributed by atoms with E-state index < -0.39 is 5.41 Å². The van der Waals surface area contributed by atoms with Crippen molar-refractivity contribution in [2.24, 2.45) is 17.1 Å². The van der Waals surface area contributed by atoms with Crippen LogP contribution in [-0.2, 0) is 27.3 Å². The summed E-state index contributed by atoms with van der Waals surface area (Å²) in [4.78, 5) is 47.9. The first-order chi connectivity index (χ1) is 21.3. The van der Waals surface area contributed by atoms with Gasteiger partial charge in [0.15, 0.2) is 11.6 Å². The molecule has 2 saturated carbocycles. The molecule has 2 aromatic heterocycles. The molecule has 2 aliphatic carbocycles. The molecule has 44 heavy (non-hydrogen) atoms. The van der Waals surface area contributed by atoms with Gasteiger partial charge in [-0.25, -0.2) is 15.0 Å². The highest BCUT2D eigenvalue weighted by Gasteiger charge is 2.49. The number of carbonyl (C=O) groups excluding carboxylic acids is 2. The number of aromatic nitrogens is 4. The molecule has 3 heterocycles. The van der Waals surface area contributed by atoms with E-state index in [9.17, 15) is 9.59 Å². The van der Waals surface area contributed by atoms with Crippen LogP contribution in [0, 0.1) is 11.3 Å². The summed E-state index contributed by atoms with van der Waals surface area (Å²) >= 11 is 0. The molecule has 0 amide bonds. The van der Waals surface area contributed by atoms with Crippen molar-refractivity contribution < 1.29 is 19.1 Å². The molecule has 0 aromatic carbocycles. The van der Waals surface area contributed by atoms with E-state index in [1.54, 1.807) is 18.5 Å². The number of hydrogen-bond acceptors (Lipinski definition) is 11. The quantitative estimate of drug-likeness (QED) is 0.244. The Balaban J connectivity index is 1.56. The largest absolute Gasteiger partial charge is 0.474 e. The van der Waals surface area contributed by atoms with Crippen LogP contribution in [0.5, 0.6) is 5.88 Å². The third-order valence-electron chi connectivity index (χ3n) is 9.51. The number of ether oxygens (including phenoxy) is 2. The van der Waals surface area contributed by atoms with Gasteiger partial charge in [-0.1, -0.05) is 13.3 Å². The van der Waals surface area contributed by atoms with Crippen molar-refractivity contribution in [2.45, 2.75) is 90.7 Å². The minimum Gasteiger partial charge on any atom is -0.474 e. The monoisotopic (exact) mass is 605 g/mol. The van der Waals surface area contributed by atoms with Crippen LogP contribution in [0.2, 0.25) is 0 Å². The van der Waals surface area contributed by atoms with E-state index >= 15 is 0 Å². The minimum absolute atomic E-state index is 0.0552. The number of nitrogens with one attached hydrogen (secondary N) is 1. The summed E-state index contributed by atoms with van der Waals surface area (Å²) in [5.74, 6) is 1.51. The van der Waals surface area contributed by atoms with Crippen LogP contribution in [0.15, 0.2) is 24.0 Å². The molecule has 0 radical (unpaired) electrons. The van der Waals surface area contributed by atoms with E-state index in [0.29, 0.717) is 75.8 Å². The van der Waals surface area contributed by atoms with E-state index in [-0.39, 0.29) is 35.1 Å². The van der Waals surface area contributed by atoms with Gasteiger partial charge in [0.25, 0.3) is 0 Å². The van der Waals surface area contributed by atoms with Gasteiger partial charge in [-0.05, 0) is 77.4 Å². The van der Waals surface area contributed by atoms with E-state index in [4.69, 9.17) is 25.2 Å². The topological polar surface area (TPSA) is 145 Å². The third-order valence-corrected chi connectivity index (χ3v) is 9.51. The number of fused-ring (bicyclic) bond motifs is 1. The number of carbonyl (C=O) groups is 2. The molecule has 0 unspecified atom stereocenters. The van der Waals surface area contributed by atoms with Crippen molar-refractivity contribution in [3.8, 4) is 5.88 Å². The maximum absolute atomic E-state index is 13.9.